The number of hydrogen-bond acceptors (Lipinski definition) is 2. The van der Waals surface area contributed by atoms with Gasteiger partial charge in [0.1, 0.15) is 0 Å². The van der Waals surface area contributed by atoms with E-state index < -0.39 is 11.6 Å². The molecule has 1 aliphatic carbocycles. The molecule has 0 radical (unpaired) electrons. The third-order valence-corrected chi connectivity index (χ3v) is 4.44. The molecule has 20 heavy (non-hydrogen) atoms. The summed E-state index contributed by atoms with van der Waals surface area (Å²) in [6.45, 7) is 4.35. The summed E-state index contributed by atoms with van der Waals surface area (Å²) in [5.74, 6) is -1.56. The van der Waals surface area contributed by atoms with E-state index >= 15 is 0 Å². The molecule has 2 N–H and O–H groups in total. The van der Waals surface area contributed by atoms with Gasteiger partial charge in [-0.05, 0) is 43.5 Å². The number of nitrogens with two attached hydrogens (primary N) is 1. The van der Waals surface area contributed by atoms with Gasteiger partial charge in [0, 0.05) is 18.6 Å². The molecule has 0 aromatic heterocycles. The van der Waals surface area contributed by atoms with E-state index in [0.717, 1.165) is 31.4 Å². The van der Waals surface area contributed by atoms with Crippen LogP contribution in [0.3, 0.4) is 0 Å². The topological polar surface area (TPSA) is 29.3 Å². The Labute approximate surface area is 120 Å². The maximum absolute atomic E-state index is 13.4. The van der Waals surface area contributed by atoms with Gasteiger partial charge in [0.05, 0.1) is 0 Å². The van der Waals surface area contributed by atoms with Crippen LogP contribution in [-0.4, -0.2) is 23.5 Å². The second kappa shape index (κ2) is 6.64. The van der Waals surface area contributed by atoms with Gasteiger partial charge in [0.25, 0.3) is 0 Å². The average molecular weight is 282 g/mol. The van der Waals surface area contributed by atoms with Crippen LogP contribution in [0.15, 0.2) is 18.2 Å². The lowest BCUT2D eigenvalue weighted by Crippen LogP contribution is -2.51. The smallest absolute Gasteiger partial charge is 0.159 e. The van der Waals surface area contributed by atoms with Crippen LogP contribution in [0.4, 0.5) is 8.78 Å². The van der Waals surface area contributed by atoms with Crippen LogP contribution in [-0.2, 0) is 6.54 Å². The van der Waals surface area contributed by atoms with Crippen LogP contribution in [0.25, 0.3) is 0 Å². The van der Waals surface area contributed by atoms with Crippen molar-refractivity contribution in [2.75, 3.05) is 13.1 Å². The molecule has 0 atom stereocenters. The minimum atomic E-state index is -0.787. The molecule has 1 aromatic carbocycles. The Bertz CT molecular complexity index is 442. The fourth-order valence-corrected chi connectivity index (χ4v) is 3.29. The fraction of sp³-hybridized carbons (Fsp3) is 0.625. The van der Waals surface area contributed by atoms with Crippen LogP contribution in [0.5, 0.6) is 0 Å². The number of nitrogens with zero attached hydrogens (tertiary/aromatic N) is 1. The zero-order valence-corrected chi connectivity index (χ0v) is 12.2. The predicted octanol–water partition coefficient (Wildman–Crippen LogP) is 3.45. The van der Waals surface area contributed by atoms with Crippen molar-refractivity contribution >= 4 is 0 Å². The van der Waals surface area contributed by atoms with Gasteiger partial charge in [-0.25, -0.2) is 8.78 Å². The largest absolute Gasteiger partial charge is 0.329 e. The second-order valence-electron chi connectivity index (χ2n) is 5.81. The molecule has 0 saturated heterocycles. The molecule has 0 unspecified atom stereocenters. The normalized spacial score (nSPS) is 17.9. The molecule has 1 saturated carbocycles. The van der Waals surface area contributed by atoms with Gasteiger partial charge in [-0.3, -0.25) is 4.90 Å². The van der Waals surface area contributed by atoms with Crippen LogP contribution in [0.2, 0.25) is 0 Å². The summed E-state index contributed by atoms with van der Waals surface area (Å²) >= 11 is 0. The van der Waals surface area contributed by atoms with Crippen LogP contribution >= 0.6 is 0 Å². The highest BCUT2D eigenvalue weighted by molar-refractivity contribution is 5.18. The van der Waals surface area contributed by atoms with E-state index in [0.29, 0.717) is 13.1 Å². The first-order chi connectivity index (χ1) is 9.61. The van der Waals surface area contributed by atoms with E-state index in [9.17, 15) is 8.78 Å². The Kier molecular flexibility index (Phi) is 5.11. The number of benzene rings is 1. The lowest BCUT2D eigenvalue weighted by atomic mass is 9.94. The monoisotopic (exact) mass is 282 g/mol. The van der Waals surface area contributed by atoms with Gasteiger partial charge in [0.2, 0.25) is 0 Å². The Morgan fingerprint density at radius 3 is 2.45 bits per heavy atom. The third-order valence-electron chi connectivity index (χ3n) is 4.44. The number of rotatable bonds is 6. The predicted molar refractivity (Wildman–Crippen MR) is 77.3 cm³/mol. The lowest BCUT2D eigenvalue weighted by molar-refractivity contribution is 0.0902. The molecular weight excluding hydrogens is 258 g/mol. The molecule has 1 aromatic rings. The van der Waals surface area contributed by atoms with Crippen LogP contribution in [0, 0.1) is 11.6 Å². The van der Waals surface area contributed by atoms with E-state index in [1.165, 1.54) is 25.0 Å². The molecule has 0 heterocycles. The molecule has 0 bridgehead atoms. The van der Waals surface area contributed by atoms with Crippen molar-refractivity contribution in [1.82, 2.24) is 4.90 Å². The van der Waals surface area contributed by atoms with Crippen molar-refractivity contribution in [2.45, 2.75) is 51.1 Å². The quantitative estimate of drug-likeness (QED) is 0.866. The van der Waals surface area contributed by atoms with Crippen molar-refractivity contribution in [3.05, 3.63) is 35.4 Å². The first-order valence-corrected chi connectivity index (χ1v) is 7.50. The van der Waals surface area contributed by atoms with Gasteiger partial charge in [-0.15, -0.1) is 0 Å². The Morgan fingerprint density at radius 1 is 1.20 bits per heavy atom. The SMILES string of the molecule is CCCN(Cc1ccc(F)c(F)c1)C1(CN)CCCC1. The molecule has 1 fully saturated rings. The summed E-state index contributed by atoms with van der Waals surface area (Å²) in [5.41, 5.74) is 6.89. The zero-order chi connectivity index (χ0) is 14.6. The van der Waals surface area contributed by atoms with E-state index in [1.807, 2.05) is 0 Å². The van der Waals surface area contributed by atoms with Crippen molar-refractivity contribution < 1.29 is 8.78 Å². The molecule has 4 heteroatoms. The number of hydrogen-bond donors (Lipinski definition) is 1. The van der Waals surface area contributed by atoms with Crippen molar-refractivity contribution in [2.24, 2.45) is 5.73 Å². The van der Waals surface area contributed by atoms with E-state index in [4.69, 9.17) is 5.73 Å². The van der Waals surface area contributed by atoms with Crippen molar-refractivity contribution in [3.63, 3.8) is 0 Å². The van der Waals surface area contributed by atoms with E-state index in [-0.39, 0.29) is 5.54 Å². The highest BCUT2D eigenvalue weighted by Crippen LogP contribution is 2.35. The molecule has 0 amide bonds. The number of halogens is 2. The summed E-state index contributed by atoms with van der Waals surface area (Å²) in [7, 11) is 0. The highest BCUT2D eigenvalue weighted by Gasteiger charge is 2.37. The molecule has 1 aliphatic rings. The minimum absolute atomic E-state index is 0.0425. The van der Waals surface area contributed by atoms with Crippen molar-refractivity contribution in [1.29, 1.82) is 0 Å². The molecule has 0 spiro atoms. The second-order valence-corrected chi connectivity index (χ2v) is 5.81. The maximum Gasteiger partial charge on any atom is 0.159 e. The zero-order valence-electron chi connectivity index (χ0n) is 12.2. The van der Waals surface area contributed by atoms with Crippen molar-refractivity contribution in [3.8, 4) is 0 Å². The first kappa shape index (κ1) is 15.4. The van der Waals surface area contributed by atoms with Gasteiger partial charge in [0.15, 0.2) is 11.6 Å². The molecule has 2 nitrogen and oxygen atoms in total. The lowest BCUT2D eigenvalue weighted by Gasteiger charge is -2.41. The third kappa shape index (κ3) is 3.18. The van der Waals surface area contributed by atoms with E-state index in [1.54, 1.807) is 6.07 Å². The summed E-state index contributed by atoms with van der Waals surface area (Å²) < 4.78 is 26.4. The summed E-state index contributed by atoms with van der Waals surface area (Å²) in [5, 5.41) is 0. The fourth-order valence-electron chi connectivity index (χ4n) is 3.29. The van der Waals surface area contributed by atoms with Gasteiger partial charge >= 0.3 is 0 Å². The Morgan fingerprint density at radius 2 is 1.90 bits per heavy atom. The van der Waals surface area contributed by atoms with Gasteiger partial charge in [-0.1, -0.05) is 25.8 Å². The van der Waals surface area contributed by atoms with Gasteiger partial charge < -0.3 is 5.73 Å². The minimum Gasteiger partial charge on any atom is -0.329 e. The molecule has 0 aliphatic heterocycles. The summed E-state index contributed by atoms with van der Waals surface area (Å²) in [4.78, 5) is 2.37. The Balaban J connectivity index is 2.18. The highest BCUT2D eigenvalue weighted by atomic mass is 19.2. The standard InChI is InChI=1S/C16H24F2N2/c1-2-9-20(16(12-19)7-3-4-8-16)11-13-5-6-14(17)15(18)10-13/h5-6,10H,2-4,7-9,11-12,19H2,1H3. The molecule has 2 rings (SSSR count). The summed E-state index contributed by atoms with van der Waals surface area (Å²) in [6, 6.07) is 4.18. The molecule has 112 valence electrons. The Hall–Kier alpha value is -1.00. The summed E-state index contributed by atoms with van der Waals surface area (Å²) in [6.07, 6.45) is 5.65. The van der Waals surface area contributed by atoms with Gasteiger partial charge in [-0.2, -0.15) is 0 Å². The first-order valence-electron chi connectivity index (χ1n) is 7.50. The average Bonchev–Trinajstić information content (AvgIpc) is 2.92. The molecular formula is C16H24F2N2. The van der Waals surface area contributed by atoms with E-state index in [2.05, 4.69) is 11.8 Å². The maximum atomic E-state index is 13.4. The van der Waals surface area contributed by atoms with Crippen LogP contribution < -0.4 is 5.73 Å². The van der Waals surface area contributed by atoms with Crippen LogP contribution in [0.1, 0.15) is 44.6 Å².